The average Bonchev–Trinajstić information content (AvgIpc) is 2.19. The maximum atomic E-state index is 11.2. The minimum atomic E-state index is 0.0395. The van der Waals surface area contributed by atoms with Crippen LogP contribution in [0.15, 0.2) is 41.3 Å². The molecule has 0 amide bonds. The third-order valence-corrected chi connectivity index (χ3v) is 2.43. The maximum Gasteiger partial charge on any atom is 0.216 e. The monoisotopic (exact) mass is 208 g/mol. The Morgan fingerprint density at radius 1 is 1.36 bits per heavy atom. The second-order valence-electron chi connectivity index (χ2n) is 2.60. The van der Waals surface area contributed by atoms with Crippen LogP contribution < -0.4 is 4.74 Å². The van der Waals surface area contributed by atoms with Gasteiger partial charge in [0, 0.05) is 4.90 Å². The number of hydrogen-bond donors (Lipinski definition) is 0. The van der Waals surface area contributed by atoms with Crippen LogP contribution >= 0.6 is 11.8 Å². The molecule has 0 fully saturated rings. The van der Waals surface area contributed by atoms with Gasteiger partial charge in [-0.2, -0.15) is 0 Å². The van der Waals surface area contributed by atoms with Crippen molar-refractivity contribution in [1.29, 1.82) is 0 Å². The van der Waals surface area contributed by atoms with Gasteiger partial charge in [0.15, 0.2) is 0 Å². The molecule has 74 valence electrons. The first-order valence-corrected chi connectivity index (χ1v) is 5.06. The summed E-state index contributed by atoms with van der Waals surface area (Å²) < 4.78 is 5.01. The van der Waals surface area contributed by atoms with E-state index < -0.39 is 0 Å². The number of allylic oxidation sites excluding steroid dienone is 1. The van der Waals surface area contributed by atoms with Crippen molar-refractivity contribution in [2.24, 2.45) is 0 Å². The molecule has 0 saturated carbocycles. The number of hydrogen-bond acceptors (Lipinski definition) is 3. The van der Waals surface area contributed by atoms with Gasteiger partial charge in [-0.3, -0.25) is 4.79 Å². The van der Waals surface area contributed by atoms with Crippen molar-refractivity contribution in [3.8, 4) is 5.75 Å². The van der Waals surface area contributed by atoms with Gasteiger partial charge in [0.05, 0.1) is 7.11 Å². The minimum absolute atomic E-state index is 0.0395. The second-order valence-corrected chi connectivity index (χ2v) is 3.67. The number of thioether (sulfide) groups is 1. The van der Waals surface area contributed by atoms with E-state index >= 15 is 0 Å². The SMILES string of the molecule is C/C=C/C(=O)Sc1ccc(OC)cc1. The highest BCUT2D eigenvalue weighted by Crippen LogP contribution is 2.22. The molecule has 0 bridgehead atoms. The highest BCUT2D eigenvalue weighted by molar-refractivity contribution is 8.14. The molecule has 0 aromatic heterocycles. The summed E-state index contributed by atoms with van der Waals surface area (Å²) in [5, 5.41) is 0.0395. The highest BCUT2D eigenvalue weighted by atomic mass is 32.2. The fourth-order valence-electron chi connectivity index (χ4n) is 0.930. The van der Waals surface area contributed by atoms with Gasteiger partial charge in [0.1, 0.15) is 5.75 Å². The van der Waals surface area contributed by atoms with Crippen LogP contribution in [-0.4, -0.2) is 12.2 Å². The molecule has 0 heterocycles. The topological polar surface area (TPSA) is 26.3 Å². The van der Waals surface area contributed by atoms with Crippen LogP contribution in [0, 0.1) is 0 Å². The Morgan fingerprint density at radius 3 is 2.50 bits per heavy atom. The Kier molecular flexibility index (Phi) is 4.26. The summed E-state index contributed by atoms with van der Waals surface area (Å²) in [6.45, 7) is 1.83. The first kappa shape index (κ1) is 10.9. The molecule has 0 atom stereocenters. The van der Waals surface area contributed by atoms with Crippen LogP contribution in [0.3, 0.4) is 0 Å². The molecule has 14 heavy (non-hydrogen) atoms. The molecule has 1 rings (SSSR count). The first-order valence-electron chi connectivity index (χ1n) is 4.25. The van der Waals surface area contributed by atoms with Crippen LogP contribution in [0.4, 0.5) is 0 Å². The molecule has 1 aromatic rings. The second kappa shape index (κ2) is 5.50. The number of benzene rings is 1. The average molecular weight is 208 g/mol. The molecular formula is C11H12O2S. The van der Waals surface area contributed by atoms with Crippen molar-refractivity contribution in [3.05, 3.63) is 36.4 Å². The summed E-state index contributed by atoms with van der Waals surface area (Å²) in [7, 11) is 1.62. The summed E-state index contributed by atoms with van der Waals surface area (Å²) in [5.74, 6) is 0.799. The van der Waals surface area contributed by atoms with E-state index in [2.05, 4.69) is 0 Å². The summed E-state index contributed by atoms with van der Waals surface area (Å²) in [6, 6.07) is 7.41. The molecule has 0 aliphatic heterocycles. The Morgan fingerprint density at radius 2 is 2.00 bits per heavy atom. The van der Waals surface area contributed by atoms with Crippen molar-refractivity contribution in [2.45, 2.75) is 11.8 Å². The van der Waals surface area contributed by atoms with Crippen molar-refractivity contribution < 1.29 is 9.53 Å². The Hall–Kier alpha value is -1.22. The number of rotatable bonds is 3. The molecule has 0 N–H and O–H groups in total. The van der Waals surface area contributed by atoms with E-state index in [0.717, 1.165) is 10.6 Å². The Labute approximate surface area is 88.0 Å². The van der Waals surface area contributed by atoms with Gasteiger partial charge in [-0.1, -0.05) is 6.08 Å². The van der Waals surface area contributed by atoms with Gasteiger partial charge in [-0.15, -0.1) is 0 Å². The van der Waals surface area contributed by atoms with E-state index in [0.29, 0.717) is 0 Å². The zero-order valence-electron chi connectivity index (χ0n) is 8.19. The maximum absolute atomic E-state index is 11.2. The van der Waals surface area contributed by atoms with Crippen LogP contribution in [0.25, 0.3) is 0 Å². The largest absolute Gasteiger partial charge is 0.497 e. The zero-order valence-corrected chi connectivity index (χ0v) is 9.01. The summed E-state index contributed by atoms with van der Waals surface area (Å²) in [5.41, 5.74) is 0. The molecule has 0 unspecified atom stereocenters. The van der Waals surface area contributed by atoms with E-state index in [1.807, 2.05) is 31.2 Å². The van der Waals surface area contributed by atoms with Crippen molar-refractivity contribution >= 4 is 16.9 Å². The van der Waals surface area contributed by atoms with E-state index in [9.17, 15) is 4.79 Å². The molecule has 1 aromatic carbocycles. The van der Waals surface area contributed by atoms with E-state index in [4.69, 9.17) is 4.74 Å². The lowest BCUT2D eigenvalue weighted by molar-refractivity contribution is -0.107. The van der Waals surface area contributed by atoms with Crippen LogP contribution in [0.5, 0.6) is 5.75 Å². The minimum Gasteiger partial charge on any atom is -0.497 e. The van der Waals surface area contributed by atoms with E-state index in [1.165, 1.54) is 11.8 Å². The summed E-state index contributed by atoms with van der Waals surface area (Å²) >= 11 is 1.21. The fraction of sp³-hybridized carbons (Fsp3) is 0.182. The van der Waals surface area contributed by atoms with Crippen molar-refractivity contribution in [2.75, 3.05) is 7.11 Å². The van der Waals surface area contributed by atoms with Gasteiger partial charge >= 0.3 is 0 Å². The molecular weight excluding hydrogens is 196 g/mol. The lowest BCUT2D eigenvalue weighted by Gasteiger charge is -2.00. The number of methoxy groups -OCH3 is 1. The number of carbonyl (C=O) groups excluding carboxylic acids is 1. The number of carbonyl (C=O) groups is 1. The lowest BCUT2D eigenvalue weighted by atomic mass is 10.3. The normalized spacial score (nSPS) is 10.4. The van der Waals surface area contributed by atoms with Gasteiger partial charge < -0.3 is 4.74 Å². The fourth-order valence-corrected chi connectivity index (χ4v) is 1.64. The standard InChI is InChI=1S/C11H12O2S/c1-3-4-11(12)14-10-7-5-9(13-2)6-8-10/h3-8H,1-2H3/b4-3+. The Balaban J connectivity index is 2.64. The Bertz CT molecular complexity index is 328. The van der Waals surface area contributed by atoms with Crippen molar-refractivity contribution in [3.63, 3.8) is 0 Å². The van der Waals surface area contributed by atoms with E-state index in [-0.39, 0.29) is 5.12 Å². The molecule has 2 nitrogen and oxygen atoms in total. The van der Waals surface area contributed by atoms with Crippen molar-refractivity contribution in [1.82, 2.24) is 0 Å². The third-order valence-electron chi connectivity index (χ3n) is 1.58. The zero-order chi connectivity index (χ0) is 10.4. The molecule has 0 saturated heterocycles. The first-order chi connectivity index (χ1) is 6.76. The molecule has 3 heteroatoms. The van der Waals surface area contributed by atoms with Crippen LogP contribution in [0.1, 0.15) is 6.92 Å². The predicted molar refractivity (Wildman–Crippen MR) is 58.7 cm³/mol. The van der Waals surface area contributed by atoms with Gasteiger partial charge in [-0.25, -0.2) is 0 Å². The number of ether oxygens (including phenoxy) is 1. The highest BCUT2D eigenvalue weighted by Gasteiger charge is 2.00. The van der Waals surface area contributed by atoms with Crippen LogP contribution in [0.2, 0.25) is 0 Å². The van der Waals surface area contributed by atoms with Gasteiger partial charge in [-0.05, 0) is 49.0 Å². The quantitative estimate of drug-likeness (QED) is 0.564. The molecule has 0 aliphatic rings. The van der Waals surface area contributed by atoms with Crippen LogP contribution in [-0.2, 0) is 4.79 Å². The summed E-state index contributed by atoms with van der Waals surface area (Å²) in [6.07, 6.45) is 3.29. The van der Waals surface area contributed by atoms with E-state index in [1.54, 1.807) is 19.3 Å². The molecule has 0 aliphatic carbocycles. The summed E-state index contributed by atoms with van der Waals surface area (Å²) in [4.78, 5) is 12.1. The molecule has 0 spiro atoms. The predicted octanol–water partition coefficient (Wildman–Crippen LogP) is 2.89. The third kappa shape index (κ3) is 3.26. The van der Waals surface area contributed by atoms with Gasteiger partial charge in [0.2, 0.25) is 5.12 Å². The molecule has 0 radical (unpaired) electrons. The lowest BCUT2D eigenvalue weighted by Crippen LogP contribution is -1.85. The smallest absolute Gasteiger partial charge is 0.216 e. The van der Waals surface area contributed by atoms with Gasteiger partial charge in [0.25, 0.3) is 0 Å².